The molecule has 0 saturated carbocycles. The lowest BCUT2D eigenvalue weighted by atomic mass is 10.1. The van der Waals surface area contributed by atoms with Gasteiger partial charge in [0.05, 0.1) is 6.10 Å². The van der Waals surface area contributed by atoms with E-state index < -0.39 is 5.97 Å². The Labute approximate surface area is 67.3 Å². The van der Waals surface area contributed by atoms with Crippen LogP contribution in [0.1, 0.15) is 27.2 Å². The van der Waals surface area contributed by atoms with Gasteiger partial charge in [0.1, 0.15) is 0 Å². The second-order valence-corrected chi connectivity index (χ2v) is 3.04. The van der Waals surface area contributed by atoms with Crippen LogP contribution in [0.3, 0.4) is 0 Å². The van der Waals surface area contributed by atoms with Gasteiger partial charge in [-0.15, -0.1) is 0 Å². The highest BCUT2D eigenvalue weighted by Crippen LogP contribution is 2.06. The Kier molecular flexibility index (Phi) is 4.50. The molecular formula is C8H16NO2+. The Morgan fingerprint density at radius 2 is 2.09 bits per heavy atom. The molecule has 0 aliphatic rings. The fraction of sp³-hybridized carbons (Fsp3) is 0.750. The van der Waals surface area contributed by atoms with Crippen molar-refractivity contribution in [2.75, 3.05) is 0 Å². The van der Waals surface area contributed by atoms with E-state index in [1.54, 1.807) is 0 Å². The molecule has 1 atom stereocenters. The van der Waals surface area contributed by atoms with Gasteiger partial charge in [0.2, 0.25) is 6.21 Å². The van der Waals surface area contributed by atoms with Crippen LogP contribution in [0.5, 0.6) is 0 Å². The van der Waals surface area contributed by atoms with Gasteiger partial charge in [-0.2, -0.15) is 0 Å². The topological polar surface area (TPSA) is 51.9 Å². The third-order valence-corrected chi connectivity index (χ3v) is 1.26. The van der Waals surface area contributed by atoms with Crippen molar-refractivity contribution in [1.29, 1.82) is 0 Å². The number of esters is 1. The predicted molar refractivity (Wildman–Crippen MR) is 43.0 cm³/mol. The van der Waals surface area contributed by atoms with Crippen LogP contribution in [0.4, 0.5) is 0 Å². The Morgan fingerprint density at radius 3 is 2.45 bits per heavy atom. The molecule has 3 nitrogen and oxygen atoms in total. The van der Waals surface area contributed by atoms with E-state index in [1.165, 1.54) is 0 Å². The van der Waals surface area contributed by atoms with Gasteiger partial charge in [0, 0.05) is 0 Å². The molecule has 0 rings (SSSR count). The molecule has 0 bridgehead atoms. The molecule has 11 heavy (non-hydrogen) atoms. The first-order chi connectivity index (χ1) is 5.06. The molecule has 0 saturated heterocycles. The van der Waals surface area contributed by atoms with Crippen LogP contribution in [-0.2, 0) is 9.53 Å². The van der Waals surface area contributed by atoms with Crippen molar-refractivity contribution in [3.63, 3.8) is 0 Å². The van der Waals surface area contributed by atoms with Crippen LogP contribution in [0.2, 0.25) is 0 Å². The summed E-state index contributed by atoms with van der Waals surface area (Å²) in [7, 11) is 0. The van der Waals surface area contributed by atoms with E-state index in [9.17, 15) is 4.79 Å². The summed E-state index contributed by atoms with van der Waals surface area (Å²) in [6, 6.07) is 0. The summed E-state index contributed by atoms with van der Waals surface area (Å²) < 4.78 is 4.89. The molecule has 1 unspecified atom stereocenters. The lowest BCUT2D eigenvalue weighted by Crippen LogP contribution is -2.36. The average molecular weight is 158 g/mol. The molecular weight excluding hydrogens is 142 g/mol. The number of carbonyl (C=O) groups excluding carboxylic acids is 1. The third-order valence-electron chi connectivity index (χ3n) is 1.26. The Hall–Kier alpha value is -0.860. The summed E-state index contributed by atoms with van der Waals surface area (Å²) in [5.41, 5.74) is 0. The fourth-order valence-corrected chi connectivity index (χ4v) is 0.950. The molecule has 3 heteroatoms. The van der Waals surface area contributed by atoms with Crippen LogP contribution >= 0.6 is 0 Å². The summed E-state index contributed by atoms with van der Waals surface area (Å²) in [5, 5.41) is 4.95. The molecule has 0 spiro atoms. The third kappa shape index (κ3) is 5.58. The summed E-state index contributed by atoms with van der Waals surface area (Å²) in [4.78, 5) is 10.6. The minimum absolute atomic E-state index is 0.0395. The zero-order valence-corrected chi connectivity index (χ0v) is 7.33. The van der Waals surface area contributed by atoms with Gasteiger partial charge in [-0.1, -0.05) is 13.8 Å². The maximum Gasteiger partial charge on any atom is 0.395 e. The van der Waals surface area contributed by atoms with Gasteiger partial charge in [-0.05, 0) is 19.3 Å². The summed E-state index contributed by atoms with van der Waals surface area (Å²) in [5.74, 6) is 0.0914. The van der Waals surface area contributed by atoms with Crippen LogP contribution in [0, 0.1) is 5.92 Å². The molecule has 0 fully saturated rings. The summed E-state index contributed by atoms with van der Waals surface area (Å²) in [6.07, 6.45) is 1.78. The Balaban J connectivity index is 3.59. The Morgan fingerprint density at radius 1 is 1.55 bits per heavy atom. The first kappa shape index (κ1) is 10.1. The maximum atomic E-state index is 10.6. The molecule has 0 aromatic rings. The number of carbonyl (C=O) groups is 1. The molecule has 0 amide bonds. The monoisotopic (exact) mass is 158 g/mol. The van der Waals surface area contributed by atoms with E-state index in [1.807, 2.05) is 6.92 Å². The van der Waals surface area contributed by atoms with Crippen molar-refractivity contribution in [2.24, 2.45) is 5.92 Å². The largest absolute Gasteiger partial charge is 0.455 e. The van der Waals surface area contributed by atoms with E-state index in [-0.39, 0.29) is 6.10 Å². The van der Waals surface area contributed by atoms with E-state index in [2.05, 4.69) is 13.8 Å². The quantitative estimate of drug-likeness (QED) is 0.455. The van der Waals surface area contributed by atoms with E-state index >= 15 is 0 Å². The highest BCUT2D eigenvalue weighted by Gasteiger charge is 2.09. The van der Waals surface area contributed by atoms with Crippen LogP contribution in [0.25, 0.3) is 0 Å². The first-order valence-electron chi connectivity index (χ1n) is 3.81. The van der Waals surface area contributed by atoms with E-state index in [4.69, 9.17) is 10.1 Å². The Bertz CT molecular complexity index is 143. The molecule has 2 N–H and O–H groups in total. The lowest BCUT2D eigenvalue weighted by molar-refractivity contribution is -0.152. The van der Waals surface area contributed by atoms with Crippen molar-refractivity contribution in [1.82, 2.24) is 0 Å². The van der Waals surface area contributed by atoms with Crippen LogP contribution < -0.4 is 5.41 Å². The van der Waals surface area contributed by atoms with E-state index in [0.29, 0.717) is 5.92 Å². The minimum atomic E-state index is -0.446. The van der Waals surface area contributed by atoms with Crippen molar-refractivity contribution in [2.45, 2.75) is 33.3 Å². The van der Waals surface area contributed by atoms with Gasteiger partial charge in [-0.25, -0.2) is 4.79 Å². The highest BCUT2D eigenvalue weighted by molar-refractivity contribution is 6.20. The second-order valence-electron chi connectivity index (χ2n) is 3.04. The standard InChI is InChI=1S/C8H15NO2/c1-6(2)4-7(3)11-8(10)5-9/h5-7,9H,4H2,1-3H3/p+1. The molecule has 0 aliphatic carbocycles. The molecule has 0 aliphatic heterocycles. The number of rotatable bonds is 4. The summed E-state index contributed by atoms with van der Waals surface area (Å²) >= 11 is 0. The first-order valence-corrected chi connectivity index (χ1v) is 3.81. The average Bonchev–Trinajstić information content (AvgIpc) is 1.85. The van der Waals surface area contributed by atoms with Gasteiger partial charge < -0.3 is 4.74 Å². The zero-order valence-electron chi connectivity index (χ0n) is 7.33. The molecule has 0 radical (unpaired) electrons. The fourth-order valence-electron chi connectivity index (χ4n) is 0.950. The van der Waals surface area contributed by atoms with Gasteiger partial charge in [0.25, 0.3) is 0 Å². The van der Waals surface area contributed by atoms with Crippen molar-refractivity contribution >= 4 is 12.2 Å². The summed E-state index contributed by atoms with van der Waals surface area (Å²) in [6.45, 7) is 6.02. The predicted octanol–water partition coefficient (Wildman–Crippen LogP) is -0.206. The molecule has 0 aromatic carbocycles. The number of ether oxygens (including phenoxy) is 1. The zero-order chi connectivity index (χ0) is 8.85. The van der Waals surface area contributed by atoms with Gasteiger partial charge >= 0.3 is 5.97 Å². The van der Waals surface area contributed by atoms with Gasteiger partial charge in [-0.3, -0.25) is 5.41 Å². The van der Waals surface area contributed by atoms with Crippen LogP contribution in [-0.4, -0.2) is 18.3 Å². The van der Waals surface area contributed by atoms with Crippen molar-refractivity contribution in [3.05, 3.63) is 0 Å². The minimum Gasteiger partial charge on any atom is -0.455 e. The number of nitrogens with two attached hydrogens (primary N) is 1. The normalized spacial score (nSPS) is 12.7. The van der Waals surface area contributed by atoms with E-state index in [0.717, 1.165) is 12.6 Å². The second kappa shape index (κ2) is 4.88. The SMILES string of the molecule is CC(C)CC(C)OC(=O)C=[NH2+]. The molecule has 0 aromatic heterocycles. The van der Waals surface area contributed by atoms with Crippen molar-refractivity contribution < 1.29 is 14.9 Å². The highest BCUT2D eigenvalue weighted by atomic mass is 16.5. The maximum absolute atomic E-state index is 10.6. The lowest BCUT2D eigenvalue weighted by Gasteiger charge is -2.12. The molecule has 0 heterocycles. The van der Waals surface area contributed by atoms with Crippen molar-refractivity contribution in [3.8, 4) is 0 Å². The number of hydrogen-bond acceptors (Lipinski definition) is 2. The van der Waals surface area contributed by atoms with Crippen LogP contribution in [0.15, 0.2) is 0 Å². The van der Waals surface area contributed by atoms with Gasteiger partial charge in [0.15, 0.2) is 0 Å². The smallest absolute Gasteiger partial charge is 0.395 e. The molecule has 64 valence electrons. The number of hydrogen-bond donors (Lipinski definition) is 1.